The molecule has 170 valence electrons. The van der Waals surface area contributed by atoms with Gasteiger partial charge >= 0.3 is 0 Å². The van der Waals surface area contributed by atoms with Crippen LogP contribution in [-0.4, -0.2) is 31.6 Å². The van der Waals surface area contributed by atoms with E-state index in [1.54, 1.807) is 21.3 Å². The quantitative estimate of drug-likeness (QED) is 0.418. The Bertz CT molecular complexity index is 1090. The second-order valence-electron chi connectivity index (χ2n) is 7.79. The highest BCUT2D eigenvalue weighted by Gasteiger charge is 2.18. The predicted octanol–water partition coefficient (Wildman–Crippen LogP) is 6.19. The van der Waals surface area contributed by atoms with Crippen molar-refractivity contribution in [3.63, 3.8) is 0 Å². The maximum Gasteiger partial charge on any atom is 0.224 e. The average molecular weight is 455 g/mol. The van der Waals surface area contributed by atoms with Gasteiger partial charge in [-0.1, -0.05) is 26.3 Å². The van der Waals surface area contributed by atoms with Crippen LogP contribution in [0.4, 0.5) is 5.69 Å². The number of aromatic nitrogens is 1. The number of aryl methyl sites for hydroxylation is 1. The molecule has 1 unspecified atom stereocenters. The molecule has 0 bridgehead atoms. The smallest absolute Gasteiger partial charge is 0.224 e. The molecule has 0 spiro atoms. The number of benzene rings is 2. The van der Waals surface area contributed by atoms with Gasteiger partial charge in [-0.25, -0.2) is 0 Å². The summed E-state index contributed by atoms with van der Waals surface area (Å²) < 4.78 is 21.1. The van der Waals surface area contributed by atoms with E-state index in [0.29, 0.717) is 35.3 Å². The maximum absolute atomic E-state index is 12.5. The number of amides is 1. The van der Waals surface area contributed by atoms with Crippen molar-refractivity contribution in [2.24, 2.45) is 5.92 Å². The molecule has 2 aromatic carbocycles. The Morgan fingerprint density at radius 3 is 2.47 bits per heavy atom. The van der Waals surface area contributed by atoms with E-state index >= 15 is 0 Å². The molecule has 0 saturated heterocycles. The summed E-state index contributed by atoms with van der Waals surface area (Å²) in [5.41, 5.74) is 5.32. The van der Waals surface area contributed by atoms with E-state index in [9.17, 15) is 4.79 Å². The first-order chi connectivity index (χ1) is 15.4. The summed E-state index contributed by atoms with van der Waals surface area (Å²) >= 11 is 1.39. The molecule has 0 saturated carbocycles. The third-order valence-corrected chi connectivity index (χ3v) is 6.15. The van der Waals surface area contributed by atoms with E-state index in [0.717, 1.165) is 34.4 Å². The van der Waals surface area contributed by atoms with Crippen LogP contribution in [0.15, 0.2) is 35.7 Å². The second-order valence-corrected chi connectivity index (χ2v) is 8.42. The Kier molecular flexibility index (Phi) is 7.75. The molecule has 3 rings (SSSR count). The molecule has 32 heavy (non-hydrogen) atoms. The van der Waals surface area contributed by atoms with Crippen molar-refractivity contribution in [3.8, 4) is 39.6 Å². The summed E-state index contributed by atoms with van der Waals surface area (Å²) in [6.07, 6.45) is 1.43. The highest BCUT2D eigenvalue weighted by atomic mass is 32.1. The number of hydrogen-bond donors (Lipinski definition) is 1. The number of nitrogens with one attached hydrogen (secondary N) is 1. The van der Waals surface area contributed by atoms with Crippen molar-refractivity contribution in [3.05, 3.63) is 41.3 Å². The van der Waals surface area contributed by atoms with Crippen LogP contribution >= 0.6 is 11.5 Å². The first-order valence-corrected chi connectivity index (χ1v) is 11.4. The monoisotopic (exact) mass is 454 g/mol. The SMILES string of the molecule is CCC(C)CC(=O)Nc1cc(-c2csnc2-c2cc(C)c(OC)c(OC)c2)ccc1OC. The number of ether oxygens (including phenoxy) is 3. The summed E-state index contributed by atoms with van der Waals surface area (Å²) in [6, 6.07) is 9.76. The van der Waals surface area contributed by atoms with Crippen molar-refractivity contribution >= 4 is 23.1 Å². The Morgan fingerprint density at radius 2 is 1.81 bits per heavy atom. The van der Waals surface area contributed by atoms with Gasteiger partial charge in [-0.05, 0) is 59.8 Å². The molecule has 0 aliphatic carbocycles. The molecular weight excluding hydrogens is 424 g/mol. The topological polar surface area (TPSA) is 69.7 Å². The number of methoxy groups -OCH3 is 3. The molecule has 0 aliphatic rings. The van der Waals surface area contributed by atoms with E-state index in [1.807, 2.05) is 42.6 Å². The lowest BCUT2D eigenvalue weighted by Crippen LogP contribution is -2.15. The van der Waals surface area contributed by atoms with Crippen molar-refractivity contribution in [1.82, 2.24) is 4.37 Å². The molecule has 3 aromatic rings. The van der Waals surface area contributed by atoms with Crippen LogP contribution in [0.3, 0.4) is 0 Å². The first kappa shape index (κ1) is 23.6. The number of carbonyl (C=O) groups is 1. The highest BCUT2D eigenvalue weighted by molar-refractivity contribution is 7.04. The van der Waals surface area contributed by atoms with Crippen LogP contribution in [0.1, 0.15) is 32.3 Å². The van der Waals surface area contributed by atoms with Gasteiger partial charge in [-0.2, -0.15) is 4.37 Å². The lowest BCUT2D eigenvalue weighted by Gasteiger charge is -2.15. The Balaban J connectivity index is 2.00. The fourth-order valence-electron chi connectivity index (χ4n) is 3.58. The van der Waals surface area contributed by atoms with E-state index in [1.165, 1.54) is 11.5 Å². The molecule has 0 fully saturated rings. The van der Waals surface area contributed by atoms with Gasteiger partial charge in [-0.3, -0.25) is 4.79 Å². The number of rotatable bonds is 9. The molecule has 7 heteroatoms. The van der Waals surface area contributed by atoms with Crippen molar-refractivity contribution < 1.29 is 19.0 Å². The Morgan fingerprint density at radius 1 is 1.06 bits per heavy atom. The van der Waals surface area contributed by atoms with E-state index in [2.05, 4.69) is 23.5 Å². The number of carbonyl (C=O) groups excluding carboxylic acids is 1. The third kappa shape index (κ3) is 5.05. The maximum atomic E-state index is 12.5. The Labute approximate surface area is 193 Å². The van der Waals surface area contributed by atoms with Crippen molar-refractivity contribution in [2.75, 3.05) is 26.6 Å². The molecule has 1 N–H and O–H groups in total. The third-order valence-electron chi connectivity index (χ3n) is 5.52. The zero-order chi connectivity index (χ0) is 23.3. The van der Waals surface area contributed by atoms with Crippen molar-refractivity contribution in [2.45, 2.75) is 33.6 Å². The van der Waals surface area contributed by atoms with Gasteiger partial charge in [0, 0.05) is 22.9 Å². The number of nitrogens with zero attached hydrogens (tertiary/aromatic N) is 1. The highest BCUT2D eigenvalue weighted by Crippen LogP contribution is 2.41. The van der Waals surface area contributed by atoms with Crippen molar-refractivity contribution in [1.29, 1.82) is 0 Å². The van der Waals surface area contributed by atoms with Crippen LogP contribution in [0, 0.1) is 12.8 Å². The summed E-state index contributed by atoms with van der Waals surface area (Å²) in [5.74, 6) is 2.30. The molecule has 1 amide bonds. The van der Waals surface area contributed by atoms with Crippen LogP contribution < -0.4 is 19.5 Å². The second kappa shape index (κ2) is 10.5. The minimum Gasteiger partial charge on any atom is -0.495 e. The molecule has 0 aliphatic heterocycles. The number of hydrogen-bond acceptors (Lipinski definition) is 6. The average Bonchev–Trinajstić information content (AvgIpc) is 3.28. The van der Waals surface area contributed by atoms with E-state index in [4.69, 9.17) is 14.2 Å². The Hall–Kier alpha value is -3.06. The zero-order valence-corrected chi connectivity index (χ0v) is 20.3. The molecule has 0 radical (unpaired) electrons. The summed E-state index contributed by atoms with van der Waals surface area (Å²) in [5, 5.41) is 5.02. The van der Waals surface area contributed by atoms with Gasteiger partial charge in [0.2, 0.25) is 5.91 Å². The van der Waals surface area contributed by atoms with Gasteiger partial charge in [-0.15, -0.1) is 0 Å². The minimum absolute atomic E-state index is 0.0195. The fraction of sp³-hybridized carbons (Fsp3) is 0.360. The van der Waals surface area contributed by atoms with Gasteiger partial charge in [0.25, 0.3) is 0 Å². The summed E-state index contributed by atoms with van der Waals surface area (Å²) in [7, 11) is 4.86. The minimum atomic E-state index is -0.0195. The van der Waals surface area contributed by atoms with Gasteiger partial charge in [0.05, 0.1) is 32.7 Å². The molecule has 6 nitrogen and oxygen atoms in total. The van der Waals surface area contributed by atoms with E-state index in [-0.39, 0.29) is 5.91 Å². The molecule has 1 atom stereocenters. The predicted molar refractivity (Wildman–Crippen MR) is 130 cm³/mol. The van der Waals surface area contributed by atoms with Crippen LogP contribution in [-0.2, 0) is 4.79 Å². The van der Waals surface area contributed by atoms with Crippen LogP contribution in [0.2, 0.25) is 0 Å². The zero-order valence-electron chi connectivity index (χ0n) is 19.4. The van der Waals surface area contributed by atoms with Gasteiger partial charge in [0.1, 0.15) is 5.75 Å². The lowest BCUT2D eigenvalue weighted by atomic mass is 9.99. The fourth-order valence-corrected chi connectivity index (χ4v) is 4.29. The molecular formula is C25H30N2O4S. The molecule has 1 heterocycles. The standard InChI is InChI=1S/C25H30N2O4S/c1-7-15(2)10-23(28)26-20-12-17(8-9-21(20)29-4)19-14-32-27-24(19)18-11-16(3)25(31-6)22(13-18)30-5/h8-9,11-15H,7,10H2,1-6H3,(H,26,28). The first-order valence-electron chi connectivity index (χ1n) is 10.6. The number of anilines is 1. The summed E-state index contributed by atoms with van der Waals surface area (Å²) in [4.78, 5) is 12.5. The largest absolute Gasteiger partial charge is 0.495 e. The summed E-state index contributed by atoms with van der Waals surface area (Å²) in [6.45, 7) is 6.14. The van der Waals surface area contributed by atoms with Crippen LogP contribution in [0.5, 0.6) is 17.2 Å². The van der Waals surface area contributed by atoms with Crippen LogP contribution in [0.25, 0.3) is 22.4 Å². The normalized spacial score (nSPS) is 11.7. The molecule has 1 aromatic heterocycles. The van der Waals surface area contributed by atoms with E-state index < -0.39 is 0 Å². The lowest BCUT2D eigenvalue weighted by molar-refractivity contribution is -0.117. The van der Waals surface area contributed by atoms with Gasteiger partial charge < -0.3 is 19.5 Å². The van der Waals surface area contributed by atoms with Gasteiger partial charge in [0.15, 0.2) is 11.5 Å².